The summed E-state index contributed by atoms with van der Waals surface area (Å²) in [7, 11) is -3.93. The topological polar surface area (TPSA) is 142 Å². The summed E-state index contributed by atoms with van der Waals surface area (Å²) in [6.07, 6.45) is -4.81. The average molecular weight is 488 g/mol. The van der Waals surface area contributed by atoms with Gasteiger partial charge in [-0.05, 0) is 59.8 Å². The molecule has 1 unspecified atom stereocenters. The Labute approximate surface area is 184 Å². The minimum atomic E-state index is -4.81. The van der Waals surface area contributed by atoms with Gasteiger partial charge in [0, 0.05) is 5.69 Å². The van der Waals surface area contributed by atoms with E-state index < -0.39 is 33.3 Å². The summed E-state index contributed by atoms with van der Waals surface area (Å²) in [5.41, 5.74) is 0.578. The van der Waals surface area contributed by atoms with Gasteiger partial charge in [0.2, 0.25) is 21.1 Å². The molecule has 1 atom stereocenters. The predicted octanol–water partition coefficient (Wildman–Crippen LogP) is 2.33. The van der Waals surface area contributed by atoms with Crippen molar-refractivity contribution in [2.45, 2.75) is 28.6 Å². The number of halogens is 3. The van der Waals surface area contributed by atoms with Crippen molar-refractivity contribution in [2.24, 2.45) is 5.14 Å². The number of tetrazole rings is 1. The molecule has 10 nitrogen and oxygen atoms in total. The highest BCUT2D eigenvalue weighted by Gasteiger charge is 2.31. The van der Waals surface area contributed by atoms with E-state index in [-0.39, 0.29) is 15.7 Å². The molecule has 0 aliphatic rings. The predicted molar refractivity (Wildman–Crippen MR) is 108 cm³/mol. The van der Waals surface area contributed by atoms with Crippen LogP contribution in [-0.4, -0.2) is 46.1 Å². The van der Waals surface area contributed by atoms with Crippen molar-refractivity contribution in [3.05, 3.63) is 48.5 Å². The number of carbonyl (C=O) groups is 1. The molecule has 3 aromatic rings. The second-order valence-electron chi connectivity index (χ2n) is 6.24. The Bertz CT molecular complexity index is 1220. The van der Waals surface area contributed by atoms with Gasteiger partial charge in [-0.1, -0.05) is 17.8 Å². The third-order valence-corrected chi connectivity index (χ3v) is 5.78. The molecule has 32 heavy (non-hydrogen) atoms. The average Bonchev–Trinajstić information content (AvgIpc) is 3.15. The van der Waals surface area contributed by atoms with Crippen molar-refractivity contribution in [2.75, 3.05) is 5.32 Å². The SMILES string of the molecule is CC(Sc1nnnn1-c1ccc(OC(F)(F)F)cc1)C(=O)Nc1cccc(S(N)(=O)=O)c1. The molecule has 0 saturated heterocycles. The number of rotatable bonds is 7. The number of anilines is 1. The number of benzene rings is 2. The van der Waals surface area contributed by atoms with E-state index >= 15 is 0 Å². The van der Waals surface area contributed by atoms with Gasteiger partial charge in [0.25, 0.3) is 0 Å². The lowest BCUT2D eigenvalue weighted by Gasteiger charge is -2.13. The first-order valence-electron chi connectivity index (χ1n) is 8.67. The molecule has 0 aliphatic carbocycles. The van der Waals surface area contributed by atoms with E-state index in [0.29, 0.717) is 5.69 Å². The zero-order valence-electron chi connectivity index (χ0n) is 16.1. The van der Waals surface area contributed by atoms with E-state index in [1.807, 2.05) is 0 Å². The third kappa shape index (κ3) is 6.18. The quantitative estimate of drug-likeness (QED) is 0.483. The number of alkyl halides is 3. The summed E-state index contributed by atoms with van der Waals surface area (Å²) in [5.74, 6) is -0.872. The van der Waals surface area contributed by atoms with Gasteiger partial charge in [0.15, 0.2) is 0 Å². The molecule has 0 spiro atoms. The minimum absolute atomic E-state index is 0.155. The summed E-state index contributed by atoms with van der Waals surface area (Å²) in [6, 6.07) is 10.3. The van der Waals surface area contributed by atoms with E-state index in [2.05, 4.69) is 25.6 Å². The highest BCUT2D eigenvalue weighted by atomic mass is 32.2. The van der Waals surface area contributed by atoms with E-state index in [1.165, 1.54) is 41.1 Å². The molecule has 170 valence electrons. The lowest BCUT2D eigenvalue weighted by molar-refractivity contribution is -0.274. The second-order valence-corrected chi connectivity index (χ2v) is 9.11. The molecule has 0 radical (unpaired) electrons. The van der Waals surface area contributed by atoms with Gasteiger partial charge in [-0.2, -0.15) is 4.68 Å². The van der Waals surface area contributed by atoms with Gasteiger partial charge >= 0.3 is 6.36 Å². The molecule has 0 aliphatic heterocycles. The Hall–Kier alpha value is -3.17. The largest absolute Gasteiger partial charge is 0.573 e. The van der Waals surface area contributed by atoms with Crippen molar-refractivity contribution < 1.29 is 31.1 Å². The van der Waals surface area contributed by atoms with Crippen LogP contribution in [0, 0.1) is 0 Å². The van der Waals surface area contributed by atoms with Gasteiger partial charge in [0.05, 0.1) is 15.8 Å². The fourth-order valence-electron chi connectivity index (χ4n) is 2.41. The Kier molecular flexibility index (Phi) is 6.71. The highest BCUT2D eigenvalue weighted by Crippen LogP contribution is 2.27. The van der Waals surface area contributed by atoms with Gasteiger partial charge in [-0.25, -0.2) is 13.6 Å². The van der Waals surface area contributed by atoms with Crippen LogP contribution < -0.4 is 15.2 Å². The number of nitrogens with two attached hydrogens (primary N) is 1. The summed E-state index contributed by atoms with van der Waals surface area (Å²) in [5, 5.41) is 18.3. The minimum Gasteiger partial charge on any atom is -0.406 e. The van der Waals surface area contributed by atoms with Crippen LogP contribution in [0.5, 0.6) is 5.75 Å². The van der Waals surface area contributed by atoms with Crippen LogP contribution in [0.4, 0.5) is 18.9 Å². The number of amides is 1. The number of aromatic nitrogens is 4. The summed E-state index contributed by atoms with van der Waals surface area (Å²) in [4.78, 5) is 12.4. The van der Waals surface area contributed by atoms with E-state index in [0.717, 1.165) is 23.9 Å². The molecule has 1 aromatic heterocycles. The molecule has 1 heterocycles. The molecule has 0 saturated carbocycles. The molecule has 0 bridgehead atoms. The molecule has 3 N–H and O–H groups in total. The monoisotopic (exact) mass is 488 g/mol. The smallest absolute Gasteiger partial charge is 0.406 e. The van der Waals surface area contributed by atoms with Crippen molar-refractivity contribution in [3.63, 3.8) is 0 Å². The number of carbonyl (C=O) groups excluding carboxylic acids is 1. The molecule has 3 rings (SSSR count). The first kappa shape index (κ1) is 23.5. The standard InChI is InChI=1S/C17H15F3N6O4S2/c1-10(15(27)22-11-3-2-4-14(9-11)32(21,28)29)31-16-23-24-25-26(16)12-5-7-13(8-6-12)30-17(18,19)20/h2-10H,1H3,(H,22,27)(H2,21,28,29). The van der Waals surface area contributed by atoms with Crippen LogP contribution in [-0.2, 0) is 14.8 Å². The molecule has 2 aromatic carbocycles. The van der Waals surface area contributed by atoms with Crippen LogP contribution in [0.3, 0.4) is 0 Å². The van der Waals surface area contributed by atoms with E-state index in [4.69, 9.17) is 5.14 Å². The van der Waals surface area contributed by atoms with E-state index in [1.54, 1.807) is 6.92 Å². The zero-order valence-corrected chi connectivity index (χ0v) is 17.8. The lowest BCUT2D eigenvalue weighted by atomic mass is 10.3. The summed E-state index contributed by atoms with van der Waals surface area (Å²) < 4.78 is 64.9. The van der Waals surface area contributed by atoms with Gasteiger partial charge in [-0.15, -0.1) is 18.3 Å². The lowest BCUT2D eigenvalue weighted by Crippen LogP contribution is -2.23. The number of hydrogen-bond acceptors (Lipinski definition) is 8. The fraction of sp³-hybridized carbons (Fsp3) is 0.176. The Balaban J connectivity index is 1.70. The number of thioether (sulfide) groups is 1. The number of ether oxygens (including phenoxy) is 1. The van der Waals surface area contributed by atoms with Crippen molar-refractivity contribution in [1.29, 1.82) is 0 Å². The highest BCUT2D eigenvalue weighted by molar-refractivity contribution is 8.00. The van der Waals surface area contributed by atoms with Crippen LogP contribution in [0.2, 0.25) is 0 Å². The molecule has 0 fully saturated rings. The maximum atomic E-state index is 12.5. The van der Waals surface area contributed by atoms with Crippen LogP contribution in [0.1, 0.15) is 6.92 Å². The van der Waals surface area contributed by atoms with Crippen LogP contribution >= 0.6 is 11.8 Å². The number of hydrogen-bond donors (Lipinski definition) is 2. The maximum absolute atomic E-state index is 12.5. The normalized spacial score (nSPS) is 12.9. The Morgan fingerprint density at radius 2 is 1.91 bits per heavy atom. The second kappa shape index (κ2) is 9.13. The Morgan fingerprint density at radius 1 is 1.22 bits per heavy atom. The fourth-order valence-corrected chi connectivity index (χ4v) is 3.78. The molecular weight excluding hydrogens is 473 g/mol. The first-order valence-corrected chi connectivity index (χ1v) is 11.1. The van der Waals surface area contributed by atoms with Gasteiger partial charge in [-0.3, -0.25) is 4.79 Å². The van der Waals surface area contributed by atoms with E-state index in [9.17, 15) is 26.4 Å². The molecule has 15 heteroatoms. The van der Waals surface area contributed by atoms with Gasteiger partial charge < -0.3 is 10.1 Å². The molecule has 1 amide bonds. The molecular formula is C17H15F3N6O4S2. The Morgan fingerprint density at radius 3 is 2.53 bits per heavy atom. The van der Waals surface area contributed by atoms with Crippen LogP contribution in [0.25, 0.3) is 5.69 Å². The zero-order chi connectivity index (χ0) is 23.5. The third-order valence-electron chi connectivity index (χ3n) is 3.84. The van der Waals surface area contributed by atoms with Crippen molar-refractivity contribution >= 4 is 33.4 Å². The first-order chi connectivity index (χ1) is 14.9. The van der Waals surface area contributed by atoms with Crippen molar-refractivity contribution in [1.82, 2.24) is 20.2 Å². The number of sulfonamides is 1. The number of nitrogens with one attached hydrogen (secondary N) is 1. The number of nitrogens with zero attached hydrogens (tertiary/aromatic N) is 4. The van der Waals surface area contributed by atoms with Crippen molar-refractivity contribution in [3.8, 4) is 11.4 Å². The maximum Gasteiger partial charge on any atom is 0.573 e. The number of primary sulfonamides is 1. The summed E-state index contributed by atoms with van der Waals surface area (Å²) in [6.45, 7) is 1.57. The van der Waals surface area contributed by atoms with Gasteiger partial charge in [0.1, 0.15) is 5.75 Å². The summed E-state index contributed by atoms with van der Waals surface area (Å²) >= 11 is 0.984. The van der Waals surface area contributed by atoms with Crippen LogP contribution in [0.15, 0.2) is 58.6 Å².